The van der Waals surface area contributed by atoms with Gasteiger partial charge in [-0.2, -0.15) is 13.2 Å². The lowest BCUT2D eigenvalue weighted by molar-refractivity contribution is -0.137. The van der Waals surface area contributed by atoms with Gasteiger partial charge in [-0.15, -0.1) is 0 Å². The highest BCUT2D eigenvalue weighted by Crippen LogP contribution is 2.29. The summed E-state index contributed by atoms with van der Waals surface area (Å²) in [6.07, 6.45) is -4.37. The first kappa shape index (κ1) is 15.8. The highest BCUT2D eigenvalue weighted by molar-refractivity contribution is 5.94. The highest BCUT2D eigenvalue weighted by atomic mass is 19.4. The van der Waals surface area contributed by atoms with Crippen molar-refractivity contribution in [2.45, 2.75) is 19.1 Å². The Kier molecular flexibility index (Phi) is 4.84. The maximum Gasteiger partial charge on any atom is 0.416 e. The molecule has 2 rings (SSSR count). The third kappa shape index (κ3) is 4.18. The van der Waals surface area contributed by atoms with E-state index >= 15 is 0 Å². The molecule has 0 aromatic heterocycles. The Morgan fingerprint density at radius 1 is 1.24 bits per heavy atom. The van der Waals surface area contributed by atoms with Crippen molar-refractivity contribution in [2.24, 2.45) is 0 Å². The number of nitrogens with zero attached hydrogens (tertiary/aromatic N) is 1. The molecule has 1 aliphatic rings. The average Bonchev–Trinajstić information content (AvgIpc) is 2.47. The van der Waals surface area contributed by atoms with Crippen LogP contribution >= 0.6 is 0 Å². The van der Waals surface area contributed by atoms with Crippen LogP contribution in [0, 0.1) is 0 Å². The van der Waals surface area contributed by atoms with E-state index in [0.717, 1.165) is 12.1 Å². The lowest BCUT2D eigenvalue weighted by atomic mass is 10.2. The number of hydrogen-bond donors (Lipinski definition) is 1. The van der Waals surface area contributed by atoms with Crippen molar-refractivity contribution < 1.29 is 22.7 Å². The molecule has 1 aromatic carbocycles. The fourth-order valence-corrected chi connectivity index (χ4v) is 2.12. The normalized spacial score (nSPS) is 18.3. The molecule has 4 nitrogen and oxygen atoms in total. The van der Waals surface area contributed by atoms with E-state index in [0.29, 0.717) is 32.0 Å². The summed E-state index contributed by atoms with van der Waals surface area (Å²) in [7, 11) is 0. The molecular formula is C14H17F3N2O2. The third-order valence-corrected chi connectivity index (χ3v) is 3.45. The summed E-state index contributed by atoms with van der Waals surface area (Å²) in [5.41, 5.74) is -0.380. The number of rotatable bonds is 3. The number of carbonyl (C=O) groups excluding carboxylic acids is 1. The van der Waals surface area contributed by atoms with Crippen LogP contribution in [0.4, 0.5) is 18.9 Å². The molecule has 0 radical (unpaired) electrons. The van der Waals surface area contributed by atoms with E-state index < -0.39 is 11.7 Å². The van der Waals surface area contributed by atoms with Crippen molar-refractivity contribution >= 4 is 11.6 Å². The van der Waals surface area contributed by atoms with Crippen molar-refractivity contribution in [3.63, 3.8) is 0 Å². The van der Waals surface area contributed by atoms with Crippen LogP contribution in [0.1, 0.15) is 12.5 Å². The second-order valence-corrected chi connectivity index (χ2v) is 4.89. The molecule has 1 aromatic rings. The molecule has 21 heavy (non-hydrogen) atoms. The van der Waals surface area contributed by atoms with Crippen molar-refractivity contribution in [3.8, 4) is 0 Å². The summed E-state index contributed by atoms with van der Waals surface area (Å²) < 4.78 is 42.6. The molecule has 0 saturated carbocycles. The largest absolute Gasteiger partial charge is 0.416 e. The van der Waals surface area contributed by atoms with E-state index in [4.69, 9.17) is 4.74 Å². The first-order chi connectivity index (χ1) is 9.88. The lowest BCUT2D eigenvalue weighted by Gasteiger charge is -2.31. The van der Waals surface area contributed by atoms with Crippen molar-refractivity contribution in [1.82, 2.24) is 4.90 Å². The standard InChI is InChI=1S/C14H17F3N2O2/c1-10(19-6-8-21-9-7-19)13(20)18-12-4-2-11(3-5-12)14(15,16)17/h2-5,10H,6-9H2,1H3,(H,18,20)/t10-/m0/s1. The quantitative estimate of drug-likeness (QED) is 0.932. The van der Waals surface area contributed by atoms with Crippen LogP contribution in [0.2, 0.25) is 0 Å². The van der Waals surface area contributed by atoms with Gasteiger partial charge in [0, 0.05) is 18.8 Å². The maximum atomic E-state index is 12.4. The summed E-state index contributed by atoms with van der Waals surface area (Å²) in [6.45, 7) is 4.27. The van der Waals surface area contributed by atoms with Gasteiger partial charge in [-0.25, -0.2) is 0 Å². The van der Waals surface area contributed by atoms with Gasteiger partial charge < -0.3 is 10.1 Å². The van der Waals surface area contributed by atoms with Crippen molar-refractivity contribution in [3.05, 3.63) is 29.8 Å². The molecule has 1 fully saturated rings. The van der Waals surface area contributed by atoms with Crippen LogP contribution in [0.15, 0.2) is 24.3 Å². The second kappa shape index (κ2) is 6.44. The summed E-state index contributed by atoms with van der Waals surface area (Å²) in [5.74, 6) is -0.239. The lowest BCUT2D eigenvalue weighted by Crippen LogP contribution is -2.47. The van der Waals surface area contributed by atoms with Gasteiger partial charge in [-0.05, 0) is 31.2 Å². The molecule has 1 heterocycles. The SMILES string of the molecule is C[C@@H](C(=O)Nc1ccc(C(F)(F)F)cc1)N1CCOCC1. The van der Waals surface area contributed by atoms with Crippen LogP contribution in [0.3, 0.4) is 0 Å². The minimum absolute atomic E-state index is 0.239. The van der Waals surface area contributed by atoms with Gasteiger partial charge in [-0.3, -0.25) is 9.69 Å². The molecule has 0 unspecified atom stereocenters. The van der Waals surface area contributed by atoms with Gasteiger partial charge in [-0.1, -0.05) is 0 Å². The number of anilines is 1. The van der Waals surface area contributed by atoms with E-state index in [9.17, 15) is 18.0 Å². The maximum absolute atomic E-state index is 12.4. The van der Waals surface area contributed by atoms with Crippen LogP contribution in [-0.4, -0.2) is 43.2 Å². The van der Waals surface area contributed by atoms with E-state index in [1.165, 1.54) is 12.1 Å². The number of morpholine rings is 1. The number of benzene rings is 1. The van der Waals surface area contributed by atoms with Crippen molar-refractivity contribution in [2.75, 3.05) is 31.6 Å². The number of nitrogens with one attached hydrogen (secondary N) is 1. The predicted molar refractivity (Wildman–Crippen MR) is 71.9 cm³/mol. The number of ether oxygens (including phenoxy) is 1. The molecule has 1 aliphatic heterocycles. The Balaban J connectivity index is 1.95. The zero-order valence-electron chi connectivity index (χ0n) is 11.6. The Morgan fingerprint density at radius 3 is 2.33 bits per heavy atom. The Bertz CT molecular complexity index is 482. The van der Waals surface area contributed by atoms with Crippen LogP contribution in [-0.2, 0) is 15.7 Å². The van der Waals surface area contributed by atoms with Crippen LogP contribution < -0.4 is 5.32 Å². The van der Waals surface area contributed by atoms with Crippen LogP contribution in [0.5, 0.6) is 0 Å². The van der Waals surface area contributed by atoms with Gasteiger partial charge >= 0.3 is 6.18 Å². The zero-order valence-corrected chi connectivity index (χ0v) is 11.6. The number of hydrogen-bond acceptors (Lipinski definition) is 3. The highest BCUT2D eigenvalue weighted by Gasteiger charge is 2.30. The zero-order chi connectivity index (χ0) is 15.5. The Labute approximate surface area is 120 Å². The number of alkyl halides is 3. The smallest absolute Gasteiger partial charge is 0.379 e. The molecule has 0 bridgehead atoms. The van der Waals surface area contributed by atoms with E-state index in [1.54, 1.807) is 6.92 Å². The fraction of sp³-hybridized carbons (Fsp3) is 0.500. The number of halogens is 3. The minimum atomic E-state index is -4.37. The molecule has 0 spiro atoms. The Morgan fingerprint density at radius 2 is 1.81 bits per heavy atom. The predicted octanol–water partition coefficient (Wildman–Crippen LogP) is 2.36. The fourth-order valence-electron chi connectivity index (χ4n) is 2.12. The second-order valence-electron chi connectivity index (χ2n) is 4.89. The monoisotopic (exact) mass is 302 g/mol. The van der Waals surface area contributed by atoms with E-state index in [-0.39, 0.29) is 11.9 Å². The van der Waals surface area contributed by atoms with Gasteiger partial charge in [0.2, 0.25) is 5.91 Å². The molecule has 0 aliphatic carbocycles. The first-order valence-corrected chi connectivity index (χ1v) is 6.68. The summed E-state index contributed by atoms with van der Waals surface area (Å²) in [5, 5.41) is 2.63. The topological polar surface area (TPSA) is 41.6 Å². The molecule has 7 heteroatoms. The summed E-state index contributed by atoms with van der Waals surface area (Å²) >= 11 is 0. The molecule has 1 amide bonds. The van der Waals surface area contributed by atoms with Gasteiger partial charge in [0.1, 0.15) is 0 Å². The molecular weight excluding hydrogens is 285 g/mol. The molecule has 1 saturated heterocycles. The van der Waals surface area contributed by atoms with Gasteiger partial charge in [0.15, 0.2) is 0 Å². The molecule has 1 N–H and O–H groups in total. The third-order valence-electron chi connectivity index (χ3n) is 3.45. The average molecular weight is 302 g/mol. The van der Waals surface area contributed by atoms with Gasteiger partial charge in [0.05, 0.1) is 24.8 Å². The number of amides is 1. The van der Waals surface area contributed by atoms with Crippen molar-refractivity contribution in [1.29, 1.82) is 0 Å². The number of carbonyl (C=O) groups is 1. The summed E-state index contributed by atoms with van der Waals surface area (Å²) in [4.78, 5) is 14.1. The Hall–Kier alpha value is -1.60. The van der Waals surface area contributed by atoms with Gasteiger partial charge in [0.25, 0.3) is 0 Å². The van der Waals surface area contributed by atoms with E-state index in [1.807, 2.05) is 4.90 Å². The molecule has 116 valence electrons. The first-order valence-electron chi connectivity index (χ1n) is 6.68. The minimum Gasteiger partial charge on any atom is -0.379 e. The summed E-state index contributed by atoms with van der Waals surface area (Å²) in [6, 6.07) is 4.07. The molecule has 1 atom stereocenters. The van der Waals surface area contributed by atoms with E-state index in [2.05, 4.69) is 5.32 Å². The van der Waals surface area contributed by atoms with Crippen LogP contribution in [0.25, 0.3) is 0 Å².